The van der Waals surface area contributed by atoms with Crippen LogP contribution in [0.4, 0.5) is 0 Å². The molecule has 1 fully saturated rings. The van der Waals surface area contributed by atoms with E-state index in [1.54, 1.807) is 0 Å². The molecule has 0 unspecified atom stereocenters. The minimum absolute atomic E-state index is 0.0361. The predicted octanol–water partition coefficient (Wildman–Crippen LogP) is 1.83. The molecule has 1 aliphatic heterocycles. The van der Waals surface area contributed by atoms with Gasteiger partial charge in [-0.25, -0.2) is 13.1 Å². The van der Waals surface area contributed by atoms with E-state index >= 15 is 0 Å². The van der Waals surface area contributed by atoms with E-state index in [0.29, 0.717) is 6.54 Å². The van der Waals surface area contributed by atoms with Crippen LogP contribution in [0.1, 0.15) is 31.9 Å². The van der Waals surface area contributed by atoms with Gasteiger partial charge in [-0.05, 0) is 32.9 Å². The van der Waals surface area contributed by atoms with Gasteiger partial charge in [0.2, 0.25) is 10.0 Å². The Balaban J connectivity index is 1.90. The van der Waals surface area contributed by atoms with E-state index in [1.807, 2.05) is 31.2 Å². The predicted molar refractivity (Wildman–Crippen MR) is 99.6 cm³/mol. The maximum atomic E-state index is 12.4. The molecule has 0 saturated carbocycles. The fourth-order valence-electron chi connectivity index (χ4n) is 3.14. The summed E-state index contributed by atoms with van der Waals surface area (Å²) in [5.74, 6) is 0.0361. The van der Waals surface area contributed by atoms with Crippen molar-refractivity contribution in [2.24, 2.45) is 0 Å². The minimum Gasteiger partial charge on any atom is -0.301 e. The first-order valence-corrected chi connectivity index (χ1v) is 10.4. The zero-order valence-corrected chi connectivity index (χ0v) is 16.2. The smallest absolute Gasteiger partial charge is 0.215 e. The van der Waals surface area contributed by atoms with Crippen LogP contribution in [0.2, 0.25) is 0 Å². The highest BCUT2D eigenvalue weighted by molar-refractivity contribution is 7.88. The Labute approximate surface area is 147 Å². The van der Waals surface area contributed by atoms with Crippen LogP contribution in [0.5, 0.6) is 0 Å². The molecule has 1 heterocycles. The first kappa shape index (κ1) is 19.4. The molecular formula is C18H31N3O2S. The Kier molecular flexibility index (Phi) is 6.42. The summed E-state index contributed by atoms with van der Waals surface area (Å²) in [5, 5.41) is 0. The van der Waals surface area contributed by atoms with E-state index < -0.39 is 10.0 Å². The van der Waals surface area contributed by atoms with E-state index in [9.17, 15) is 8.42 Å². The van der Waals surface area contributed by atoms with Gasteiger partial charge in [-0.2, -0.15) is 0 Å². The Morgan fingerprint density at radius 2 is 1.83 bits per heavy atom. The van der Waals surface area contributed by atoms with Crippen molar-refractivity contribution >= 4 is 10.0 Å². The molecule has 1 aromatic carbocycles. The third kappa shape index (κ3) is 5.55. The maximum absolute atomic E-state index is 12.4. The van der Waals surface area contributed by atoms with Crippen LogP contribution >= 0.6 is 0 Å². The normalized spacial score (nSPS) is 18.0. The van der Waals surface area contributed by atoms with Gasteiger partial charge >= 0.3 is 0 Å². The van der Waals surface area contributed by atoms with Gasteiger partial charge in [0.25, 0.3) is 0 Å². The van der Waals surface area contributed by atoms with Gasteiger partial charge < -0.3 is 4.90 Å². The fraction of sp³-hybridized carbons (Fsp3) is 0.667. The highest BCUT2D eigenvalue weighted by atomic mass is 32.2. The van der Waals surface area contributed by atoms with Crippen LogP contribution in [0, 0.1) is 6.92 Å². The van der Waals surface area contributed by atoms with E-state index in [1.165, 1.54) is 0 Å². The Hall–Kier alpha value is -0.950. The summed E-state index contributed by atoms with van der Waals surface area (Å²) < 4.78 is 27.6. The van der Waals surface area contributed by atoms with Crippen molar-refractivity contribution in [3.05, 3.63) is 35.4 Å². The molecule has 0 aliphatic carbocycles. The number of sulfonamides is 1. The molecule has 1 aliphatic rings. The molecule has 5 nitrogen and oxygen atoms in total. The average molecular weight is 354 g/mol. The standard InChI is InChI=1S/C18H31N3O2S/c1-5-20-9-11-21(12-10-20)18(3,4)15-19-24(22,23)14-17-8-6-7-16(2)13-17/h6-8,13,19H,5,9-12,14-15H2,1-4H3. The van der Waals surface area contributed by atoms with E-state index in [-0.39, 0.29) is 11.3 Å². The molecule has 0 amide bonds. The van der Waals surface area contributed by atoms with Crippen molar-refractivity contribution in [2.45, 2.75) is 39.0 Å². The van der Waals surface area contributed by atoms with Gasteiger partial charge in [-0.1, -0.05) is 36.8 Å². The largest absolute Gasteiger partial charge is 0.301 e. The van der Waals surface area contributed by atoms with Crippen LogP contribution in [-0.4, -0.2) is 63.0 Å². The number of hydrogen-bond acceptors (Lipinski definition) is 4. The van der Waals surface area contributed by atoms with Crippen molar-refractivity contribution < 1.29 is 8.42 Å². The average Bonchev–Trinajstić information content (AvgIpc) is 2.53. The molecule has 0 spiro atoms. The van der Waals surface area contributed by atoms with Gasteiger partial charge in [0, 0.05) is 38.3 Å². The Morgan fingerprint density at radius 1 is 1.17 bits per heavy atom. The molecule has 0 atom stereocenters. The van der Waals surface area contributed by atoms with Gasteiger partial charge in [-0.3, -0.25) is 4.90 Å². The van der Waals surface area contributed by atoms with Gasteiger partial charge in [0.15, 0.2) is 0 Å². The van der Waals surface area contributed by atoms with E-state index in [2.05, 4.69) is 35.3 Å². The van der Waals surface area contributed by atoms with Gasteiger partial charge in [0.05, 0.1) is 5.75 Å². The third-order valence-corrected chi connectivity index (χ3v) is 6.14. The van der Waals surface area contributed by atoms with Crippen LogP contribution in [0.15, 0.2) is 24.3 Å². The molecular weight excluding hydrogens is 322 g/mol. The fourth-order valence-corrected chi connectivity index (χ4v) is 4.43. The van der Waals surface area contributed by atoms with Crippen molar-refractivity contribution in [1.29, 1.82) is 0 Å². The molecule has 0 bridgehead atoms. The molecule has 136 valence electrons. The van der Waals surface area contributed by atoms with E-state index in [4.69, 9.17) is 0 Å². The monoisotopic (exact) mass is 353 g/mol. The molecule has 0 radical (unpaired) electrons. The Morgan fingerprint density at radius 3 is 2.42 bits per heavy atom. The SMILES string of the molecule is CCN1CCN(C(C)(C)CNS(=O)(=O)Cc2cccc(C)c2)CC1. The summed E-state index contributed by atoms with van der Waals surface area (Å²) in [6.45, 7) is 14.0. The number of benzene rings is 1. The van der Waals surface area contributed by atoms with Crippen molar-refractivity contribution in [3.63, 3.8) is 0 Å². The third-order valence-electron chi connectivity index (χ3n) is 4.84. The molecule has 1 N–H and O–H groups in total. The first-order chi connectivity index (χ1) is 11.2. The second-order valence-electron chi connectivity index (χ2n) is 7.30. The number of piperazine rings is 1. The quantitative estimate of drug-likeness (QED) is 0.813. The lowest BCUT2D eigenvalue weighted by Gasteiger charge is -2.44. The summed E-state index contributed by atoms with van der Waals surface area (Å²) >= 11 is 0. The molecule has 2 rings (SSSR count). The highest BCUT2D eigenvalue weighted by Gasteiger charge is 2.30. The van der Waals surface area contributed by atoms with Gasteiger partial charge in [0.1, 0.15) is 0 Å². The van der Waals surface area contributed by atoms with Crippen LogP contribution in [0.3, 0.4) is 0 Å². The van der Waals surface area contributed by atoms with Crippen molar-refractivity contribution in [2.75, 3.05) is 39.3 Å². The van der Waals surface area contributed by atoms with E-state index in [0.717, 1.165) is 43.9 Å². The molecule has 0 aromatic heterocycles. The lowest BCUT2D eigenvalue weighted by atomic mass is 10.0. The minimum atomic E-state index is -3.33. The Bertz CT molecular complexity index is 635. The number of aryl methyl sites for hydroxylation is 1. The number of rotatable bonds is 7. The van der Waals surface area contributed by atoms with Crippen LogP contribution in [-0.2, 0) is 15.8 Å². The molecule has 1 saturated heterocycles. The number of likely N-dealkylation sites (N-methyl/N-ethyl adjacent to an activating group) is 1. The van der Waals surface area contributed by atoms with Crippen LogP contribution in [0.25, 0.3) is 0 Å². The molecule has 24 heavy (non-hydrogen) atoms. The summed E-state index contributed by atoms with van der Waals surface area (Å²) in [6.07, 6.45) is 0. The number of hydrogen-bond donors (Lipinski definition) is 1. The summed E-state index contributed by atoms with van der Waals surface area (Å²) in [7, 11) is -3.33. The van der Waals surface area contributed by atoms with Crippen molar-refractivity contribution in [1.82, 2.24) is 14.5 Å². The molecule has 1 aromatic rings. The lowest BCUT2D eigenvalue weighted by Crippen LogP contribution is -2.58. The number of nitrogens with zero attached hydrogens (tertiary/aromatic N) is 2. The van der Waals surface area contributed by atoms with Crippen LogP contribution < -0.4 is 4.72 Å². The summed E-state index contributed by atoms with van der Waals surface area (Å²) in [6, 6.07) is 7.66. The highest BCUT2D eigenvalue weighted by Crippen LogP contribution is 2.17. The first-order valence-electron chi connectivity index (χ1n) is 8.72. The zero-order valence-electron chi connectivity index (χ0n) is 15.4. The molecule has 6 heteroatoms. The second kappa shape index (κ2) is 7.95. The second-order valence-corrected chi connectivity index (χ2v) is 9.11. The lowest BCUT2D eigenvalue weighted by molar-refractivity contribution is 0.0571. The topological polar surface area (TPSA) is 52.6 Å². The number of nitrogens with one attached hydrogen (secondary N) is 1. The summed E-state index contributed by atoms with van der Waals surface area (Å²) in [5.41, 5.74) is 1.73. The zero-order chi connectivity index (χ0) is 17.8. The van der Waals surface area contributed by atoms with Gasteiger partial charge in [-0.15, -0.1) is 0 Å². The maximum Gasteiger partial charge on any atom is 0.215 e. The summed E-state index contributed by atoms with van der Waals surface area (Å²) in [4.78, 5) is 4.81. The van der Waals surface area contributed by atoms with Crippen molar-refractivity contribution in [3.8, 4) is 0 Å².